The summed E-state index contributed by atoms with van der Waals surface area (Å²) in [6.45, 7) is 0. The fourth-order valence-electron chi connectivity index (χ4n) is 0.454. The Morgan fingerprint density at radius 1 is 1.91 bits per heavy atom. The normalized spacial score (nSPS) is 8.82. The molecular formula is C4HBrN4OS. The predicted octanol–water partition coefficient (Wildman–Crippen LogP) is 2.36. The monoisotopic (exact) mass is 232 g/mol. The van der Waals surface area contributed by atoms with Crippen molar-refractivity contribution in [1.29, 1.82) is 0 Å². The molecule has 0 aliphatic rings. The van der Waals surface area contributed by atoms with Gasteiger partial charge in [-0.3, -0.25) is 4.79 Å². The molecule has 7 heteroatoms. The summed E-state index contributed by atoms with van der Waals surface area (Å²) in [4.78, 5) is 13.2. The number of hydrogen-bond acceptors (Lipinski definition) is 3. The molecule has 0 radical (unpaired) electrons. The molecule has 0 aromatic carbocycles. The van der Waals surface area contributed by atoms with E-state index >= 15 is 0 Å². The zero-order valence-corrected chi connectivity index (χ0v) is 7.46. The maximum absolute atomic E-state index is 10.8. The molecule has 0 unspecified atom stereocenters. The Morgan fingerprint density at radius 2 is 2.64 bits per heavy atom. The molecule has 0 spiro atoms. The third-order valence-corrected chi connectivity index (χ3v) is 2.40. The minimum atomic E-state index is -0.666. The van der Waals surface area contributed by atoms with Gasteiger partial charge in [0.25, 0.3) is 5.91 Å². The van der Waals surface area contributed by atoms with Gasteiger partial charge in [-0.05, 0) is 38.1 Å². The van der Waals surface area contributed by atoms with E-state index in [1.165, 1.54) is 0 Å². The Bertz CT molecular complexity index is 329. The molecule has 0 fully saturated rings. The molecule has 0 saturated carbocycles. The zero-order valence-electron chi connectivity index (χ0n) is 5.06. The number of nitrogens with zero attached hydrogens (tertiary/aromatic N) is 4. The lowest BCUT2D eigenvalue weighted by Crippen LogP contribution is -1.93. The molecule has 11 heavy (non-hydrogen) atoms. The first-order chi connectivity index (χ1) is 5.25. The third-order valence-electron chi connectivity index (χ3n) is 0.865. The molecule has 1 rings (SSSR count). The molecule has 0 N–H and O–H groups in total. The average Bonchev–Trinajstić information content (AvgIpc) is 2.36. The van der Waals surface area contributed by atoms with Crippen LogP contribution in [0.2, 0.25) is 0 Å². The van der Waals surface area contributed by atoms with E-state index in [-0.39, 0.29) is 5.69 Å². The van der Waals surface area contributed by atoms with Crippen molar-refractivity contribution >= 4 is 33.4 Å². The Balaban J connectivity index is 3.02. The number of rotatable bonds is 1. The highest BCUT2D eigenvalue weighted by Gasteiger charge is 2.09. The highest BCUT2D eigenvalue weighted by atomic mass is 79.9. The molecule has 0 saturated heterocycles. The summed E-state index contributed by atoms with van der Waals surface area (Å²) < 4.78 is 4.27. The standard InChI is InChI=1S/C4HBrN4OS/c5-2-1-11-8-3(2)4(10)7-9-6/h1H. The summed E-state index contributed by atoms with van der Waals surface area (Å²) in [6.07, 6.45) is 0. The molecule has 1 aromatic heterocycles. The van der Waals surface area contributed by atoms with Crippen molar-refractivity contribution in [2.24, 2.45) is 5.11 Å². The van der Waals surface area contributed by atoms with Gasteiger partial charge in [-0.15, -0.1) is 0 Å². The lowest BCUT2D eigenvalue weighted by molar-refractivity contribution is 0.0996. The van der Waals surface area contributed by atoms with Crippen LogP contribution < -0.4 is 0 Å². The Hall–Kier alpha value is -0.910. The van der Waals surface area contributed by atoms with Crippen molar-refractivity contribution < 1.29 is 4.79 Å². The van der Waals surface area contributed by atoms with Gasteiger partial charge in [-0.25, -0.2) is 0 Å². The molecule has 1 aromatic rings. The molecule has 0 aliphatic heterocycles. The SMILES string of the molecule is [N-]=[N+]=NC(=O)c1nscc1Br. The van der Waals surface area contributed by atoms with Gasteiger partial charge >= 0.3 is 0 Å². The van der Waals surface area contributed by atoms with Gasteiger partial charge in [-0.1, -0.05) is 0 Å². The summed E-state index contributed by atoms with van der Waals surface area (Å²) in [7, 11) is 0. The van der Waals surface area contributed by atoms with Crippen molar-refractivity contribution in [3.8, 4) is 0 Å². The van der Waals surface area contributed by atoms with E-state index in [1.54, 1.807) is 5.38 Å². The van der Waals surface area contributed by atoms with Crippen LogP contribution in [0.4, 0.5) is 0 Å². The highest BCUT2D eigenvalue weighted by Crippen LogP contribution is 2.18. The van der Waals surface area contributed by atoms with Crippen LogP contribution in [0.5, 0.6) is 0 Å². The van der Waals surface area contributed by atoms with Gasteiger partial charge in [0.1, 0.15) is 5.69 Å². The summed E-state index contributed by atoms with van der Waals surface area (Å²) in [5.41, 5.74) is 8.08. The predicted molar refractivity (Wildman–Crippen MR) is 43.3 cm³/mol. The van der Waals surface area contributed by atoms with Crippen molar-refractivity contribution in [3.05, 3.63) is 26.0 Å². The molecular weight excluding hydrogens is 232 g/mol. The average molecular weight is 233 g/mol. The fraction of sp³-hybridized carbons (Fsp3) is 0. The summed E-state index contributed by atoms with van der Waals surface area (Å²) in [5, 5.41) is 4.52. The third kappa shape index (κ3) is 1.76. The lowest BCUT2D eigenvalue weighted by Gasteiger charge is -1.84. The van der Waals surface area contributed by atoms with Crippen LogP contribution in [0.1, 0.15) is 10.5 Å². The number of halogens is 1. The molecule has 1 heterocycles. The van der Waals surface area contributed by atoms with Crippen molar-refractivity contribution in [2.75, 3.05) is 0 Å². The summed E-state index contributed by atoms with van der Waals surface area (Å²) in [6, 6.07) is 0. The molecule has 1 amide bonds. The summed E-state index contributed by atoms with van der Waals surface area (Å²) in [5.74, 6) is -0.666. The molecule has 5 nitrogen and oxygen atoms in total. The van der Waals surface area contributed by atoms with Crippen LogP contribution in [0.15, 0.2) is 15.0 Å². The molecule has 56 valence electrons. The first-order valence-electron chi connectivity index (χ1n) is 2.45. The second-order valence-corrected chi connectivity index (χ2v) is 2.99. The highest BCUT2D eigenvalue weighted by molar-refractivity contribution is 9.10. The number of carbonyl (C=O) groups is 1. The molecule has 0 aliphatic carbocycles. The van der Waals surface area contributed by atoms with E-state index in [0.29, 0.717) is 4.47 Å². The van der Waals surface area contributed by atoms with Gasteiger partial charge in [0.2, 0.25) is 0 Å². The van der Waals surface area contributed by atoms with Gasteiger partial charge in [-0.2, -0.15) is 4.37 Å². The number of azide groups is 1. The lowest BCUT2D eigenvalue weighted by atomic mass is 10.4. The number of amides is 1. The van der Waals surface area contributed by atoms with E-state index in [9.17, 15) is 4.79 Å². The van der Waals surface area contributed by atoms with Crippen LogP contribution in [0, 0.1) is 0 Å². The Labute approximate surface area is 74.0 Å². The van der Waals surface area contributed by atoms with E-state index in [1.807, 2.05) is 0 Å². The van der Waals surface area contributed by atoms with Crippen LogP contribution in [-0.4, -0.2) is 10.3 Å². The first kappa shape index (κ1) is 8.19. The minimum absolute atomic E-state index is 0.160. The van der Waals surface area contributed by atoms with E-state index in [0.717, 1.165) is 11.5 Å². The van der Waals surface area contributed by atoms with Gasteiger partial charge in [0, 0.05) is 10.3 Å². The second kappa shape index (κ2) is 3.47. The maximum atomic E-state index is 10.8. The van der Waals surface area contributed by atoms with Crippen molar-refractivity contribution in [3.63, 3.8) is 0 Å². The van der Waals surface area contributed by atoms with E-state index in [4.69, 9.17) is 5.53 Å². The summed E-state index contributed by atoms with van der Waals surface area (Å²) >= 11 is 4.20. The van der Waals surface area contributed by atoms with Crippen molar-refractivity contribution in [1.82, 2.24) is 4.37 Å². The first-order valence-corrected chi connectivity index (χ1v) is 4.08. The number of aromatic nitrogens is 1. The maximum Gasteiger partial charge on any atom is 0.269 e. The minimum Gasteiger partial charge on any atom is -0.285 e. The van der Waals surface area contributed by atoms with Crippen LogP contribution in [-0.2, 0) is 0 Å². The largest absolute Gasteiger partial charge is 0.285 e. The second-order valence-electron chi connectivity index (χ2n) is 1.51. The Morgan fingerprint density at radius 3 is 3.09 bits per heavy atom. The molecule has 0 bridgehead atoms. The van der Waals surface area contributed by atoms with Gasteiger partial charge in [0.05, 0.1) is 4.47 Å². The fourth-order valence-corrected chi connectivity index (χ4v) is 1.62. The van der Waals surface area contributed by atoms with Gasteiger partial charge < -0.3 is 0 Å². The number of hydrogen-bond donors (Lipinski definition) is 0. The van der Waals surface area contributed by atoms with Crippen molar-refractivity contribution in [2.45, 2.75) is 0 Å². The van der Waals surface area contributed by atoms with Crippen LogP contribution in [0.3, 0.4) is 0 Å². The zero-order chi connectivity index (χ0) is 8.27. The van der Waals surface area contributed by atoms with E-state index < -0.39 is 5.91 Å². The topological polar surface area (TPSA) is 78.7 Å². The number of carbonyl (C=O) groups excluding carboxylic acids is 1. The van der Waals surface area contributed by atoms with E-state index in [2.05, 4.69) is 30.3 Å². The van der Waals surface area contributed by atoms with Crippen LogP contribution >= 0.6 is 27.5 Å². The van der Waals surface area contributed by atoms with Crippen LogP contribution in [0.25, 0.3) is 10.4 Å². The quantitative estimate of drug-likeness (QED) is 0.424. The Kier molecular flexibility index (Phi) is 2.58. The molecule has 0 atom stereocenters. The smallest absolute Gasteiger partial charge is 0.269 e. The van der Waals surface area contributed by atoms with Gasteiger partial charge in [0.15, 0.2) is 0 Å².